The second-order valence-corrected chi connectivity index (χ2v) is 8.79. The van der Waals surface area contributed by atoms with Gasteiger partial charge in [0.15, 0.2) is 22.5 Å². The molecule has 0 saturated carbocycles. The molecule has 0 saturated heterocycles. The molecule has 7 nitrogen and oxygen atoms in total. The minimum atomic E-state index is -0.187. The molecule has 3 aromatic carbocycles. The molecule has 10 heteroatoms. The number of nitrogens with zero attached hydrogens (tertiary/aromatic N) is 3. The van der Waals surface area contributed by atoms with E-state index >= 15 is 0 Å². The van der Waals surface area contributed by atoms with E-state index in [0.717, 1.165) is 5.69 Å². The maximum Gasteiger partial charge on any atom is 0.234 e. The highest BCUT2D eigenvalue weighted by atomic mass is 35.5. The first kappa shape index (κ1) is 21.6. The van der Waals surface area contributed by atoms with E-state index in [1.165, 1.54) is 11.8 Å². The number of hydrogen-bond acceptors (Lipinski definition) is 6. The van der Waals surface area contributed by atoms with Crippen LogP contribution in [0.15, 0.2) is 71.9 Å². The molecule has 0 fully saturated rings. The van der Waals surface area contributed by atoms with E-state index in [1.807, 2.05) is 34.9 Å². The van der Waals surface area contributed by atoms with E-state index < -0.39 is 0 Å². The lowest BCUT2D eigenvalue weighted by molar-refractivity contribution is -0.113. The standard InChI is InChI=1S/C23H16Cl2N4O3S/c24-14-6-8-17(18(25)10-14)22-27-28-23(29(22)16-4-2-1-3-5-16)33-12-21(30)26-15-7-9-19-20(11-15)32-13-31-19/h1-11H,12-13H2,(H,26,30). The highest BCUT2D eigenvalue weighted by Gasteiger charge is 2.20. The predicted molar refractivity (Wildman–Crippen MR) is 129 cm³/mol. The molecular weight excluding hydrogens is 483 g/mol. The van der Waals surface area contributed by atoms with Gasteiger partial charge in [-0.3, -0.25) is 9.36 Å². The number of hydrogen-bond donors (Lipinski definition) is 1. The Labute approximate surface area is 203 Å². The highest BCUT2D eigenvalue weighted by molar-refractivity contribution is 7.99. The number of anilines is 1. The van der Waals surface area contributed by atoms with Gasteiger partial charge in [0.05, 0.1) is 10.8 Å². The molecule has 0 aliphatic carbocycles. The maximum absolute atomic E-state index is 12.6. The minimum Gasteiger partial charge on any atom is -0.454 e. The molecule has 0 unspecified atom stereocenters. The zero-order valence-electron chi connectivity index (χ0n) is 17.0. The summed E-state index contributed by atoms with van der Waals surface area (Å²) >= 11 is 13.8. The van der Waals surface area contributed by atoms with Gasteiger partial charge in [0.1, 0.15) is 0 Å². The molecule has 5 rings (SSSR count). The number of halogens is 2. The summed E-state index contributed by atoms with van der Waals surface area (Å²) in [7, 11) is 0. The lowest BCUT2D eigenvalue weighted by atomic mass is 10.2. The van der Waals surface area contributed by atoms with Crippen LogP contribution >= 0.6 is 35.0 Å². The Morgan fingerprint density at radius 3 is 2.64 bits per heavy atom. The van der Waals surface area contributed by atoms with E-state index in [-0.39, 0.29) is 18.5 Å². The number of amides is 1. The molecular formula is C23H16Cl2N4O3S. The van der Waals surface area contributed by atoms with E-state index in [1.54, 1.807) is 36.4 Å². The highest BCUT2D eigenvalue weighted by Crippen LogP contribution is 2.35. The Hall–Kier alpha value is -3.20. The van der Waals surface area contributed by atoms with Crippen LogP contribution in [-0.4, -0.2) is 33.2 Å². The Balaban J connectivity index is 1.39. The number of para-hydroxylation sites is 1. The topological polar surface area (TPSA) is 78.3 Å². The van der Waals surface area contributed by atoms with Crippen LogP contribution in [0.1, 0.15) is 0 Å². The number of carbonyl (C=O) groups is 1. The molecule has 0 atom stereocenters. The van der Waals surface area contributed by atoms with Gasteiger partial charge in [0.25, 0.3) is 0 Å². The molecule has 1 aliphatic heterocycles. The first-order chi connectivity index (χ1) is 16.1. The van der Waals surface area contributed by atoms with Crippen LogP contribution in [0.2, 0.25) is 10.0 Å². The first-order valence-electron chi connectivity index (χ1n) is 9.87. The fourth-order valence-corrected chi connectivity index (χ4v) is 4.56. The van der Waals surface area contributed by atoms with E-state index in [4.69, 9.17) is 32.7 Å². The Morgan fingerprint density at radius 2 is 1.82 bits per heavy atom. The van der Waals surface area contributed by atoms with Crippen molar-refractivity contribution in [2.75, 3.05) is 17.9 Å². The average molecular weight is 499 g/mol. The number of aromatic nitrogens is 3. The van der Waals surface area contributed by atoms with Crippen LogP contribution in [0.25, 0.3) is 17.1 Å². The third-order valence-corrected chi connectivity index (χ3v) is 6.29. The summed E-state index contributed by atoms with van der Waals surface area (Å²) in [6.45, 7) is 0.178. The van der Waals surface area contributed by atoms with Crippen molar-refractivity contribution in [2.24, 2.45) is 0 Å². The molecule has 33 heavy (non-hydrogen) atoms. The fourth-order valence-electron chi connectivity index (χ4n) is 3.32. The smallest absolute Gasteiger partial charge is 0.234 e. The lowest BCUT2D eigenvalue weighted by Crippen LogP contribution is -2.14. The summed E-state index contributed by atoms with van der Waals surface area (Å²) in [5, 5.41) is 13.1. The number of fused-ring (bicyclic) bond motifs is 1. The third kappa shape index (κ3) is 4.64. The largest absolute Gasteiger partial charge is 0.454 e. The van der Waals surface area contributed by atoms with Crippen molar-refractivity contribution < 1.29 is 14.3 Å². The second kappa shape index (κ2) is 9.35. The molecule has 0 radical (unpaired) electrons. The summed E-state index contributed by atoms with van der Waals surface area (Å²) in [6, 6.07) is 20.1. The van der Waals surface area contributed by atoms with Gasteiger partial charge in [0.2, 0.25) is 12.7 Å². The zero-order chi connectivity index (χ0) is 22.8. The van der Waals surface area contributed by atoms with Crippen LogP contribution in [0.3, 0.4) is 0 Å². The van der Waals surface area contributed by atoms with Gasteiger partial charge in [-0.2, -0.15) is 0 Å². The molecule has 166 valence electrons. The normalized spacial score (nSPS) is 12.1. The number of rotatable bonds is 6. The van der Waals surface area contributed by atoms with Crippen molar-refractivity contribution >= 4 is 46.6 Å². The number of ether oxygens (including phenoxy) is 2. The van der Waals surface area contributed by atoms with Crippen molar-refractivity contribution in [3.05, 3.63) is 76.8 Å². The Kier molecular flexibility index (Phi) is 6.13. The van der Waals surface area contributed by atoms with Crippen molar-refractivity contribution in [1.82, 2.24) is 14.8 Å². The summed E-state index contributed by atoms with van der Waals surface area (Å²) in [5.74, 6) is 1.77. The van der Waals surface area contributed by atoms with Crippen LogP contribution in [0, 0.1) is 0 Å². The molecule has 0 bridgehead atoms. The van der Waals surface area contributed by atoms with Crippen LogP contribution in [0.4, 0.5) is 5.69 Å². The Bertz CT molecular complexity index is 1330. The molecule has 4 aromatic rings. The first-order valence-corrected chi connectivity index (χ1v) is 11.6. The maximum atomic E-state index is 12.6. The summed E-state index contributed by atoms with van der Waals surface area (Å²) in [6.07, 6.45) is 0. The van der Waals surface area contributed by atoms with Gasteiger partial charge in [-0.25, -0.2) is 0 Å². The van der Waals surface area contributed by atoms with Crippen molar-refractivity contribution in [2.45, 2.75) is 5.16 Å². The van der Waals surface area contributed by atoms with E-state index in [9.17, 15) is 4.79 Å². The molecule has 2 heterocycles. The number of nitrogens with one attached hydrogen (secondary N) is 1. The quantitative estimate of drug-likeness (QED) is 0.343. The average Bonchev–Trinajstić information content (AvgIpc) is 3.45. The number of carbonyl (C=O) groups excluding carboxylic acids is 1. The number of thioether (sulfide) groups is 1. The second-order valence-electron chi connectivity index (χ2n) is 7.01. The van der Waals surface area contributed by atoms with Crippen molar-refractivity contribution in [3.8, 4) is 28.6 Å². The molecule has 0 spiro atoms. The summed E-state index contributed by atoms with van der Waals surface area (Å²) < 4.78 is 12.5. The van der Waals surface area contributed by atoms with Crippen molar-refractivity contribution in [1.29, 1.82) is 0 Å². The fraction of sp³-hybridized carbons (Fsp3) is 0.0870. The summed E-state index contributed by atoms with van der Waals surface area (Å²) in [5.41, 5.74) is 2.17. The van der Waals surface area contributed by atoms with Crippen LogP contribution in [-0.2, 0) is 4.79 Å². The molecule has 1 aromatic heterocycles. The Morgan fingerprint density at radius 1 is 1.00 bits per heavy atom. The minimum absolute atomic E-state index is 0.133. The van der Waals surface area contributed by atoms with Gasteiger partial charge in [-0.1, -0.05) is 53.2 Å². The van der Waals surface area contributed by atoms with Gasteiger partial charge in [-0.05, 0) is 42.5 Å². The third-order valence-electron chi connectivity index (χ3n) is 4.81. The van der Waals surface area contributed by atoms with Crippen LogP contribution < -0.4 is 14.8 Å². The van der Waals surface area contributed by atoms with Gasteiger partial charge < -0.3 is 14.8 Å². The predicted octanol–water partition coefficient (Wildman–Crippen LogP) is 5.70. The molecule has 1 aliphatic rings. The zero-order valence-corrected chi connectivity index (χ0v) is 19.3. The lowest BCUT2D eigenvalue weighted by Gasteiger charge is -2.11. The number of benzene rings is 3. The monoisotopic (exact) mass is 498 g/mol. The molecule has 1 N–H and O–H groups in total. The van der Waals surface area contributed by atoms with Gasteiger partial charge in [-0.15, -0.1) is 10.2 Å². The van der Waals surface area contributed by atoms with E-state index in [2.05, 4.69) is 15.5 Å². The van der Waals surface area contributed by atoms with Crippen molar-refractivity contribution in [3.63, 3.8) is 0 Å². The van der Waals surface area contributed by atoms with Crippen LogP contribution in [0.5, 0.6) is 11.5 Å². The molecule has 1 amide bonds. The van der Waals surface area contributed by atoms with Gasteiger partial charge in [0, 0.05) is 28.0 Å². The van der Waals surface area contributed by atoms with E-state index in [0.29, 0.717) is 43.8 Å². The summed E-state index contributed by atoms with van der Waals surface area (Å²) in [4.78, 5) is 12.6. The SMILES string of the molecule is O=C(CSc1nnc(-c2ccc(Cl)cc2Cl)n1-c1ccccc1)Nc1ccc2c(c1)OCO2. The van der Waals surface area contributed by atoms with Gasteiger partial charge >= 0.3 is 0 Å².